The molecule has 0 aliphatic heterocycles. The predicted octanol–water partition coefficient (Wildman–Crippen LogP) is 3.10. The van der Waals surface area contributed by atoms with Gasteiger partial charge >= 0.3 is 0 Å². The van der Waals surface area contributed by atoms with E-state index in [4.69, 9.17) is 0 Å². The Morgan fingerprint density at radius 3 is 2.82 bits per heavy atom. The number of alkyl halides is 1. The first-order chi connectivity index (χ1) is 8.08. The Labute approximate surface area is 109 Å². The fourth-order valence-corrected chi connectivity index (χ4v) is 2.10. The lowest BCUT2D eigenvalue weighted by Crippen LogP contribution is -2.36. The molecule has 92 valence electrons. The Kier molecular flexibility index (Phi) is 3.82. The van der Waals surface area contributed by atoms with Gasteiger partial charge in [-0.3, -0.25) is 4.79 Å². The topological polar surface area (TPSA) is 20.3 Å². The molecule has 2 nitrogen and oxygen atoms in total. The van der Waals surface area contributed by atoms with Gasteiger partial charge in [0.25, 0.3) is 0 Å². The molecule has 17 heavy (non-hydrogen) atoms. The first-order valence-corrected chi connectivity index (χ1v) is 6.68. The zero-order chi connectivity index (χ0) is 12.4. The quantitative estimate of drug-likeness (QED) is 0.783. The standard InChI is InChI=1S/C13H15BrFNO/c1-9(14)13(17)16(12-5-6-12)8-10-3-2-4-11(15)7-10/h2-4,7,9,12H,5-6,8H2,1H3. The van der Waals surface area contributed by atoms with Crippen molar-refractivity contribution in [3.8, 4) is 0 Å². The number of amides is 1. The Bertz CT molecular complexity index is 418. The van der Waals surface area contributed by atoms with Crippen LogP contribution in [0, 0.1) is 5.82 Å². The maximum Gasteiger partial charge on any atom is 0.236 e. The van der Waals surface area contributed by atoms with Crippen LogP contribution in [0.4, 0.5) is 4.39 Å². The van der Waals surface area contributed by atoms with Crippen molar-refractivity contribution in [2.45, 2.75) is 37.2 Å². The number of benzene rings is 1. The van der Waals surface area contributed by atoms with E-state index in [1.54, 1.807) is 6.07 Å². The molecule has 0 heterocycles. The number of hydrogen-bond donors (Lipinski definition) is 0. The first-order valence-electron chi connectivity index (χ1n) is 5.77. The molecule has 1 aromatic rings. The summed E-state index contributed by atoms with van der Waals surface area (Å²) in [4.78, 5) is 13.7. The highest BCUT2D eigenvalue weighted by Gasteiger charge is 2.33. The molecule has 1 aliphatic rings. The van der Waals surface area contributed by atoms with Crippen molar-refractivity contribution in [3.63, 3.8) is 0 Å². The molecule has 0 spiro atoms. The van der Waals surface area contributed by atoms with E-state index >= 15 is 0 Å². The summed E-state index contributed by atoms with van der Waals surface area (Å²) in [6.07, 6.45) is 2.11. The van der Waals surface area contributed by atoms with Crippen LogP contribution in [0.5, 0.6) is 0 Å². The molecule has 1 atom stereocenters. The van der Waals surface area contributed by atoms with Crippen molar-refractivity contribution < 1.29 is 9.18 Å². The lowest BCUT2D eigenvalue weighted by Gasteiger charge is -2.24. The van der Waals surface area contributed by atoms with Crippen LogP contribution in [0.2, 0.25) is 0 Å². The highest BCUT2D eigenvalue weighted by Crippen LogP contribution is 2.29. The number of halogens is 2. The fraction of sp³-hybridized carbons (Fsp3) is 0.462. The highest BCUT2D eigenvalue weighted by atomic mass is 79.9. The molecule has 1 amide bonds. The minimum atomic E-state index is -0.252. The molecule has 0 N–H and O–H groups in total. The molecule has 1 fully saturated rings. The summed E-state index contributed by atoms with van der Waals surface area (Å²) in [7, 11) is 0. The van der Waals surface area contributed by atoms with Gasteiger partial charge in [-0.25, -0.2) is 4.39 Å². The number of carbonyl (C=O) groups is 1. The van der Waals surface area contributed by atoms with Crippen LogP contribution in [0.1, 0.15) is 25.3 Å². The summed E-state index contributed by atoms with van der Waals surface area (Å²) >= 11 is 3.30. The van der Waals surface area contributed by atoms with Gasteiger partial charge in [-0.2, -0.15) is 0 Å². The molecule has 1 aromatic carbocycles. The number of hydrogen-bond acceptors (Lipinski definition) is 1. The summed E-state index contributed by atoms with van der Waals surface area (Å²) in [6, 6.07) is 6.77. The van der Waals surface area contributed by atoms with Crippen LogP contribution in [0.15, 0.2) is 24.3 Å². The molecule has 0 saturated heterocycles. The summed E-state index contributed by atoms with van der Waals surface area (Å²) < 4.78 is 13.1. The van der Waals surface area contributed by atoms with E-state index in [9.17, 15) is 9.18 Å². The predicted molar refractivity (Wildman–Crippen MR) is 68.4 cm³/mol. The SMILES string of the molecule is CC(Br)C(=O)N(Cc1cccc(F)c1)C1CC1. The maximum absolute atomic E-state index is 13.1. The van der Waals surface area contributed by atoms with Gasteiger partial charge in [0.15, 0.2) is 0 Å². The van der Waals surface area contributed by atoms with Gasteiger partial charge < -0.3 is 4.90 Å². The molecule has 1 unspecified atom stereocenters. The van der Waals surface area contributed by atoms with Crippen LogP contribution in [-0.2, 0) is 11.3 Å². The van der Waals surface area contributed by atoms with Gasteiger partial charge in [0.1, 0.15) is 5.82 Å². The molecular formula is C13H15BrFNO. The zero-order valence-electron chi connectivity index (χ0n) is 9.70. The largest absolute Gasteiger partial charge is 0.334 e. The van der Waals surface area contributed by atoms with Crippen LogP contribution >= 0.6 is 15.9 Å². The van der Waals surface area contributed by atoms with Crippen molar-refractivity contribution in [2.75, 3.05) is 0 Å². The second-order valence-corrected chi connectivity index (χ2v) is 5.82. The molecule has 0 bridgehead atoms. The van der Waals surface area contributed by atoms with E-state index < -0.39 is 0 Å². The van der Waals surface area contributed by atoms with Gasteiger partial charge in [0.05, 0.1) is 4.83 Å². The minimum absolute atomic E-state index is 0.0803. The van der Waals surface area contributed by atoms with E-state index in [1.807, 2.05) is 17.9 Å². The van der Waals surface area contributed by atoms with E-state index in [0.29, 0.717) is 12.6 Å². The van der Waals surface area contributed by atoms with E-state index in [-0.39, 0.29) is 16.6 Å². The fourth-order valence-electron chi connectivity index (χ4n) is 1.83. The van der Waals surface area contributed by atoms with Gasteiger partial charge in [0.2, 0.25) is 5.91 Å². The lowest BCUT2D eigenvalue weighted by atomic mass is 10.2. The second kappa shape index (κ2) is 5.17. The Morgan fingerprint density at radius 1 is 1.59 bits per heavy atom. The smallest absolute Gasteiger partial charge is 0.236 e. The lowest BCUT2D eigenvalue weighted by molar-refractivity contribution is -0.131. The van der Waals surface area contributed by atoms with Crippen LogP contribution in [-0.4, -0.2) is 21.7 Å². The average molecular weight is 300 g/mol. The van der Waals surface area contributed by atoms with E-state index in [2.05, 4.69) is 15.9 Å². The molecule has 0 aromatic heterocycles. The molecule has 4 heteroatoms. The summed E-state index contributed by atoms with van der Waals surface area (Å²) in [6.45, 7) is 2.32. The highest BCUT2D eigenvalue weighted by molar-refractivity contribution is 9.10. The summed E-state index contributed by atoms with van der Waals surface area (Å²) in [5.41, 5.74) is 0.846. The third-order valence-corrected chi connectivity index (χ3v) is 3.24. The van der Waals surface area contributed by atoms with Crippen LogP contribution in [0.3, 0.4) is 0 Å². The van der Waals surface area contributed by atoms with Crippen molar-refractivity contribution in [2.24, 2.45) is 0 Å². The molecular weight excluding hydrogens is 285 g/mol. The average Bonchev–Trinajstić information content (AvgIpc) is 3.09. The van der Waals surface area contributed by atoms with Crippen molar-refractivity contribution >= 4 is 21.8 Å². The van der Waals surface area contributed by atoms with Crippen molar-refractivity contribution in [3.05, 3.63) is 35.6 Å². The Morgan fingerprint density at radius 2 is 2.29 bits per heavy atom. The normalized spacial score (nSPS) is 16.6. The van der Waals surface area contributed by atoms with E-state index in [0.717, 1.165) is 18.4 Å². The number of rotatable bonds is 4. The number of carbonyl (C=O) groups excluding carboxylic acids is 1. The van der Waals surface area contributed by atoms with Crippen molar-refractivity contribution in [1.29, 1.82) is 0 Å². The van der Waals surface area contributed by atoms with Crippen LogP contribution < -0.4 is 0 Å². The molecule has 2 rings (SSSR count). The Hall–Kier alpha value is -0.900. The molecule has 1 saturated carbocycles. The Balaban J connectivity index is 2.10. The third-order valence-electron chi connectivity index (χ3n) is 2.85. The third kappa shape index (κ3) is 3.28. The monoisotopic (exact) mass is 299 g/mol. The van der Waals surface area contributed by atoms with Gasteiger partial charge in [-0.1, -0.05) is 28.1 Å². The molecule has 1 aliphatic carbocycles. The van der Waals surface area contributed by atoms with Gasteiger partial charge in [0, 0.05) is 12.6 Å². The zero-order valence-corrected chi connectivity index (χ0v) is 11.3. The summed E-state index contributed by atoms with van der Waals surface area (Å²) in [5.74, 6) is -0.172. The van der Waals surface area contributed by atoms with Gasteiger partial charge in [-0.15, -0.1) is 0 Å². The minimum Gasteiger partial charge on any atom is -0.334 e. The van der Waals surface area contributed by atoms with Crippen molar-refractivity contribution in [1.82, 2.24) is 4.90 Å². The van der Waals surface area contributed by atoms with E-state index in [1.165, 1.54) is 12.1 Å². The van der Waals surface area contributed by atoms with Crippen LogP contribution in [0.25, 0.3) is 0 Å². The summed E-state index contributed by atoms with van der Waals surface area (Å²) in [5, 5.41) is 0. The number of nitrogens with zero attached hydrogens (tertiary/aromatic N) is 1. The first kappa shape index (κ1) is 12.6. The molecule has 0 radical (unpaired) electrons. The maximum atomic E-state index is 13.1. The second-order valence-electron chi connectivity index (χ2n) is 4.44. The van der Waals surface area contributed by atoms with Gasteiger partial charge in [-0.05, 0) is 37.5 Å².